The van der Waals surface area contributed by atoms with Gasteiger partial charge in [-0.3, -0.25) is 15.2 Å². The summed E-state index contributed by atoms with van der Waals surface area (Å²) in [6, 6.07) is 5.89. The Bertz CT molecular complexity index is 633. The highest BCUT2D eigenvalue weighted by Crippen LogP contribution is 2.26. The minimum atomic E-state index is -1.11. The van der Waals surface area contributed by atoms with Crippen LogP contribution in [0.3, 0.4) is 0 Å². The van der Waals surface area contributed by atoms with E-state index in [0.717, 1.165) is 0 Å². The third kappa shape index (κ3) is 1.93. The van der Waals surface area contributed by atoms with Gasteiger partial charge in [0.2, 0.25) is 0 Å². The Morgan fingerprint density at radius 2 is 2.22 bits per heavy atom. The number of hydrogen-bond acceptors (Lipinski definition) is 4. The van der Waals surface area contributed by atoms with E-state index in [1.54, 1.807) is 13.0 Å². The Morgan fingerprint density at radius 1 is 1.50 bits per heavy atom. The summed E-state index contributed by atoms with van der Waals surface area (Å²) in [6.07, 6.45) is 0. The highest BCUT2D eigenvalue weighted by Gasteiger charge is 2.17. The van der Waals surface area contributed by atoms with Gasteiger partial charge < -0.3 is 5.11 Å². The van der Waals surface area contributed by atoms with Crippen molar-refractivity contribution in [2.45, 2.75) is 6.92 Å². The smallest absolute Gasteiger partial charge is 0.354 e. The molecule has 0 amide bonds. The summed E-state index contributed by atoms with van der Waals surface area (Å²) in [5.41, 5.74) is 1.27. The lowest BCUT2D eigenvalue weighted by Gasteiger charge is -1.98. The van der Waals surface area contributed by atoms with E-state index in [9.17, 15) is 14.9 Å². The number of aromatic nitrogens is 2. The van der Waals surface area contributed by atoms with Crippen LogP contribution < -0.4 is 0 Å². The first-order valence-electron chi connectivity index (χ1n) is 5.04. The van der Waals surface area contributed by atoms with Gasteiger partial charge >= 0.3 is 5.97 Å². The monoisotopic (exact) mass is 247 g/mol. The van der Waals surface area contributed by atoms with Gasteiger partial charge in [0.15, 0.2) is 0 Å². The van der Waals surface area contributed by atoms with Crippen molar-refractivity contribution in [1.29, 1.82) is 0 Å². The highest BCUT2D eigenvalue weighted by atomic mass is 16.6. The fourth-order valence-corrected chi connectivity index (χ4v) is 1.65. The maximum atomic E-state index is 10.9. The Balaban J connectivity index is 2.52. The van der Waals surface area contributed by atoms with E-state index in [-0.39, 0.29) is 11.4 Å². The fraction of sp³-hybridized carbons (Fsp3) is 0.0909. The first-order valence-corrected chi connectivity index (χ1v) is 5.04. The first kappa shape index (κ1) is 11.8. The molecule has 0 fully saturated rings. The number of nitro benzene ring substituents is 1. The molecule has 0 aliphatic carbocycles. The number of aromatic amines is 1. The molecule has 1 aromatic carbocycles. The van der Waals surface area contributed by atoms with Crippen LogP contribution in [0.25, 0.3) is 11.3 Å². The van der Waals surface area contributed by atoms with Crippen molar-refractivity contribution in [3.63, 3.8) is 0 Å². The number of nitro groups is 1. The summed E-state index contributed by atoms with van der Waals surface area (Å²) < 4.78 is 0. The molecule has 2 aromatic rings. The summed E-state index contributed by atoms with van der Waals surface area (Å²) >= 11 is 0. The van der Waals surface area contributed by atoms with Crippen molar-refractivity contribution in [2.24, 2.45) is 0 Å². The number of hydrogen-bond donors (Lipinski definition) is 2. The van der Waals surface area contributed by atoms with Crippen molar-refractivity contribution < 1.29 is 14.8 Å². The number of rotatable bonds is 3. The number of carboxylic acid groups (broad SMARTS) is 1. The number of H-pyrrole nitrogens is 1. The van der Waals surface area contributed by atoms with Crippen LogP contribution in [-0.4, -0.2) is 26.2 Å². The summed E-state index contributed by atoms with van der Waals surface area (Å²) in [5.74, 6) is -1.11. The summed E-state index contributed by atoms with van der Waals surface area (Å²) in [4.78, 5) is 21.0. The second kappa shape index (κ2) is 4.28. The van der Waals surface area contributed by atoms with Crippen LogP contribution in [-0.2, 0) is 0 Å². The van der Waals surface area contributed by atoms with E-state index in [1.165, 1.54) is 18.2 Å². The Morgan fingerprint density at radius 3 is 2.78 bits per heavy atom. The Labute approximate surface area is 101 Å². The standard InChI is InChI=1S/C11H9N3O4/c1-6-9(12-13-10(6)11(15)16)7-3-2-4-8(5-7)14(17)18/h2-5H,1H3,(H,12,13)(H,15,16). The van der Waals surface area contributed by atoms with Crippen molar-refractivity contribution in [3.8, 4) is 11.3 Å². The molecule has 0 aliphatic rings. The molecular formula is C11H9N3O4. The lowest BCUT2D eigenvalue weighted by Crippen LogP contribution is -1.98. The van der Waals surface area contributed by atoms with E-state index in [2.05, 4.69) is 10.2 Å². The molecule has 7 heteroatoms. The van der Waals surface area contributed by atoms with Crippen molar-refractivity contribution in [3.05, 3.63) is 45.6 Å². The third-order valence-corrected chi connectivity index (χ3v) is 2.55. The predicted octanol–water partition coefficient (Wildman–Crippen LogP) is 1.99. The van der Waals surface area contributed by atoms with Gasteiger partial charge in [0.05, 0.1) is 10.6 Å². The molecule has 0 bridgehead atoms. The van der Waals surface area contributed by atoms with Gasteiger partial charge in [0.1, 0.15) is 5.69 Å². The molecular weight excluding hydrogens is 238 g/mol. The lowest BCUT2D eigenvalue weighted by molar-refractivity contribution is -0.384. The zero-order valence-electron chi connectivity index (χ0n) is 9.38. The van der Waals surface area contributed by atoms with Crippen LogP contribution in [0, 0.1) is 17.0 Å². The van der Waals surface area contributed by atoms with Gasteiger partial charge in [-0.1, -0.05) is 12.1 Å². The molecule has 0 atom stereocenters. The molecule has 2 rings (SSSR count). The van der Waals surface area contributed by atoms with Crippen molar-refractivity contribution in [1.82, 2.24) is 10.2 Å². The van der Waals surface area contributed by atoms with Crippen molar-refractivity contribution in [2.75, 3.05) is 0 Å². The number of carboxylic acids is 1. The molecule has 0 saturated carbocycles. The van der Waals surface area contributed by atoms with E-state index >= 15 is 0 Å². The number of carbonyl (C=O) groups is 1. The highest BCUT2D eigenvalue weighted by molar-refractivity contribution is 5.89. The maximum absolute atomic E-state index is 10.9. The molecule has 7 nitrogen and oxygen atoms in total. The molecule has 1 aromatic heterocycles. The van der Waals surface area contributed by atoms with Gasteiger partial charge in [-0.05, 0) is 6.92 Å². The average Bonchev–Trinajstić information content (AvgIpc) is 2.71. The van der Waals surface area contributed by atoms with Crippen molar-refractivity contribution >= 4 is 11.7 Å². The van der Waals surface area contributed by atoms with Gasteiger partial charge in [-0.2, -0.15) is 5.10 Å². The largest absolute Gasteiger partial charge is 0.477 e. The normalized spacial score (nSPS) is 10.3. The first-order chi connectivity index (χ1) is 8.50. The molecule has 2 N–H and O–H groups in total. The predicted molar refractivity (Wildman–Crippen MR) is 62.4 cm³/mol. The summed E-state index contributed by atoms with van der Waals surface area (Å²) in [5, 5.41) is 25.8. The van der Waals surface area contributed by atoms with E-state index in [1.807, 2.05) is 0 Å². The zero-order chi connectivity index (χ0) is 13.3. The van der Waals surface area contributed by atoms with Crippen LogP contribution >= 0.6 is 0 Å². The number of benzene rings is 1. The molecule has 0 aliphatic heterocycles. The fourth-order valence-electron chi connectivity index (χ4n) is 1.65. The van der Waals surface area contributed by atoms with Gasteiger partial charge in [-0.15, -0.1) is 0 Å². The summed E-state index contributed by atoms with van der Waals surface area (Å²) in [7, 11) is 0. The van der Waals surface area contributed by atoms with E-state index in [4.69, 9.17) is 5.11 Å². The quantitative estimate of drug-likeness (QED) is 0.636. The van der Waals surface area contributed by atoms with Gasteiger partial charge in [-0.25, -0.2) is 4.79 Å². The molecule has 92 valence electrons. The van der Waals surface area contributed by atoms with E-state index < -0.39 is 10.9 Å². The van der Waals surface area contributed by atoms with Crippen LogP contribution in [0.15, 0.2) is 24.3 Å². The lowest BCUT2D eigenvalue weighted by atomic mass is 10.1. The molecule has 18 heavy (non-hydrogen) atoms. The molecule has 0 radical (unpaired) electrons. The molecule has 0 saturated heterocycles. The Hall–Kier alpha value is -2.70. The average molecular weight is 247 g/mol. The number of aromatic carboxylic acids is 1. The van der Waals surface area contributed by atoms with Crippen LogP contribution in [0.5, 0.6) is 0 Å². The molecule has 0 spiro atoms. The van der Waals surface area contributed by atoms with Gasteiger partial charge in [0.25, 0.3) is 5.69 Å². The molecule has 1 heterocycles. The minimum Gasteiger partial charge on any atom is -0.477 e. The molecule has 0 unspecified atom stereocenters. The third-order valence-electron chi connectivity index (χ3n) is 2.55. The number of nitrogens with one attached hydrogen (secondary N) is 1. The SMILES string of the molecule is Cc1c(-c2cccc([N+](=O)[O-])c2)n[nH]c1C(=O)O. The second-order valence-corrected chi connectivity index (χ2v) is 3.68. The summed E-state index contributed by atoms with van der Waals surface area (Å²) in [6.45, 7) is 1.60. The number of nitrogens with zero attached hydrogens (tertiary/aromatic N) is 2. The van der Waals surface area contributed by atoms with E-state index in [0.29, 0.717) is 16.8 Å². The topological polar surface area (TPSA) is 109 Å². The maximum Gasteiger partial charge on any atom is 0.354 e. The second-order valence-electron chi connectivity index (χ2n) is 3.68. The number of non-ortho nitro benzene ring substituents is 1. The van der Waals surface area contributed by atoms with Crippen LogP contribution in [0.1, 0.15) is 16.1 Å². The van der Waals surface area contributed by atoms with Gasteiger partial charge in [0, 0.05) is 23.3 Å². The van der Waals surface area contributed by atoms with Crippen LogP contribution in [0.4, 0.5) is 5.69 Å². The Kier molecular flexibility index (Phi) is 2.80. The zero-order valence-corrected chi connectivity index (χ0v) is 9.38. The van der Waals surface area contributed by atoms with Crippen LogP contribution in [0.2, 0.25) is 0 Å². The minimum absolute atomic E-state index is 0.0171.